The zero-order valence-electron chi connectivity index (χ0n) is 5.53. The van der Waals surface area contributed by atoms with Gasteiger partial charge in [-0.1, -0.05) is 0 Å². The predicted octanol–water partition coefficient (Wildman–Crippen LogP) is 1.75. The van der Waals surface area contributed by atoms with Gasteiger partial charge in [0.1, 0.15) is 5.01 Å². The number of aromatic nitrogens is 1. The molecule has 0 aromatic carbocycles. The Morgan fingerprint density at radius 1 is 1.60 bits per heavy atom. The van der Waals surface area contributed by atoms with Crippen LogP contribution < -0.4 is 5.73 Å². The van der Waals surface area contributed by atoms with Crippen molar-refractivity contribution in [3.8, 4) is 0 Å². The Balaban J connectivity index is 0. The van der Waals surface area contributed by atoms with Gasteiger partial charge in [-0.2, -0.15) is 0 Å². The summed E-state index contributed by atoms with van der Waals surface area (Å²) in [5, 5.41) is 1.02. The molecule has 0 amide bonds. The molecule has 0 aliphatic carbocycles. The van der Waals surface area contributed by atoms with Gasteiger partial charge in [-0.15, -0.1) is 36.2 Å². The summed E-state index contributed by atoms with van der Waals surface area (Å²) in [5.41, 5.74) is 5.31. The average Bonchev–Trinajstić information content (AvgIpc) is 2.14. The number of nitrogens with two attached hydrogens (primary N) is 1. The van der Waals surface area contributed by atoms with E-state index >= 15 is 0 Å². The zero-order valence-corrected chi connectivity index (χ0v) is 7.98. The average molecular weight is 201 g/mol. The van der Waals surface area contributed by atoms with Crippen molar-refractivity contribution < 1.29 is 0 Å². The van der Waals surface area contributed by atoms with E-state index in [1.54, 1.807) is 11.3 Å². The van der Waals surface area contributed by atoms with Crippen molar-refractivity contribution in [2.24, 2.45) is 5.73 Å². The van der Waals surface area contributed by atoms with Gasteiger partial charge < -0.3 is 5.73 Å². The number of thiazole rings is 1. The van der Waals surface area contributed by atoms with Gasteiger partial charge in [0.25, 0.3) is 0 Å². The third-order valence-corrected chi connectivity index (χ3v) is 1.78. The van der Waals surface area contributed by atoms with Crippen LogP contribution in [0.25, 0.3) is 0 Å². The number of rotatable bonds is 1. The summed E-state index contributed by atoms with van der Waals surface area (Å²) in [4.78, 5) is 5.26. The molecule has 10 heavy (non-hydrogen) atoms. The fourth-order valence-electron chi connectivity index (χ4n) is 0.496. The van der Waals surface area contributed by atoms with Crippen LogP contribution in [0.5, 0.6) is 0 Å². The maximum atomic E-state index is 5.31. The summed E-state index contributed by atoms with van der Waals surface area (Å²) in [6.07, 6.45) is 1.84. The van der Waals surface area contributed by atoms with Gasteiger partial charge in [-0.05, 0) is 6.92 Å². The van der Waals surface area contributed by atoms with E-state index in [2.05, 4.69) is 4.98 Å². The van der Waals surface area contributed by atoms with E-state index in [0.717, 1.165) is 5.01 Å². The van der Waals surface area contributed by atoms with Crippen molar-refractivity contribution >= 4 is 36.2 Å². The summed E-state index contributed by atoms with van der Waals surface area (Å²) in [6.45, 7) is 2.59. The SMILES string of the molecule is Cc1cnc(CN)s1.Cl.Cl. The minimum atomic E-state index is 0. The Bertz CT molecular complexity index is 178. The Kier molecular flexibility index (Phi) is 7.58. The first-order valence-corrected chi connectivity index (χ1v) is 3.26. The van der Waals surface area contributed by atoms with Crippen LogP contribution in [-0.4, -0.2) is 4.98 Å². The largest absolute Gasteiger partial charge is 0.325 e. The predicted molar refractivity (Wildman–Crippen MR) is 49.2 cm³/mol. The van der Waals surface area contributed by atoms with Gasteiger partial charge in [0.15, 0.2) is 0 Å². The van der Waals surface area contributed by atoms with Crippen LogP contribution in [0.1, 0.15) is 9.88 Å². The minimum absolute atomic E-state index is 0. The highest BCUT2D eigenvalue weighted by atomic mass is 35.5. The van der Waals surface area contributed by atoms with Crippen LogP contribution in [0.3, 0.4) is 0 Å². The van der Waals surface area contributed by atoms with Gasteiger partial charge in [-0.3, -0.25) is 0 Å². The second-order valence-electron chi connectivity index (χ2n) is 1.57. The van der Waals surface area contributed by atoms with E-state index in [1.165, 1.54) is 4.88 Å². The Labute approximate surface area is 76.7 Å². The molecule has 0 saturated heterocycles. The van der Waals surface area contributed by atoms with Crippen LogP contribution in [0.2, 0.25) is 0 Å². The van der Waals surface area contributed by atoms with Gasteiger partial charge in [-0.25, -0.2) is 4.98 Å². The molecule has 0 aliphatic rings. The molecule has 1 aromatic heterocycles. The zero-order chi connectivity index (χ0) is 5.98. The first-order chi connectivity index (χ1) is 3.83. The van der Waals surface area contributed by atoms with E-state index in [4.69, 9.17) is 5.73 Å². The highest BCUT2D eigenvalue weighted by Crippen LogP contribution is 2.08. The number of aryl methyl sites for hydroxylation is 1. The van der Waals surface area contributed by atoms with E-state index in [0.29, 0.717) is 6.54 Å². The first kappa shape index (κ1) is 12.8. The maximum Gasteiger partial charge on any atom is 0.106 e. The van der Waals surface area contributed by atoms with Gasteiger partial charge in [0.2, 0.25) is 0 Å². The molecule has 0 radical (unpaired) electrons. The lowest BCUT2D eigenvalue weighted by molar-refractivity contribution is 1.04. The van der Waals surface area contributed by atoms with Crippen molar-refractivity contribution in [2.45, 2.75) is 13.5 Å². The van der Waals surface area contributed by atoms with Crippen molar-refractivity contribution in [3.63, 3.8) is 0 Å². The molecule has 1 heterocycles. The monoisotopic (exact) mass is 200 g/mol. The number of hydrogen-bond acceptors (Lipinski definition) is 3. The van der Waals surface area contributed by atoms with Gasteiger partial charge in [0.05, 0.1) is 0 Å². The van der Waals surface area contributed by atoms with Crippen molar-refractivity contribution in [1.29, 1.82) is 0 Å². The van der Waals surface area contributed by atoms with Crippen LogP contribution in [0.4, 0.5) is 0 Å². The molecule has 0 fully saturated rings. The molecular weight excluding hydrogens is 191 g/mol. The first-order valence-electron chi connectivity index (χ1n) is 2.44. The number of halogens is 2. The summed E-state index contributed by atoms with van der Waals surface area (Å²) in [6, 6.07) is 0. The fourth-order valence-corrected chi connectivity index (χ4v) is 1.16. The number of hydrogen-bond donors (Lipinski definition) is 1. The Morgan fingerprint density at radius 2 is 2.20 bits per heavy atom. The molecule has 1 aromatic rings. The van der Waals surface area contributed by atoms with E-state index in [-0.39, 0.29) is 24.8 Å². The van der Waals surface area contributed by atoms with Crippen LogP contribution in [0, 0.1) is 6.92 Å². The second-order valence-corrected chi connectivity index (χ2v) is 2.89. The van der Waals surface area contributed by atoms with E-state index in [9.17, 15) is 0 Å². The molecular formula is C5H10Cl2N2S. The quantitative estimate of drug-likeness (QED) is 0.751. The van der Waals surface area contributed by atoms with Crippen LogP contribution in [0.15, 0.2) is 6.20 Å². The van der Waals surface area contributed by atoms with Crippen molar-refractivity contribution in [1.82, 2.24) is 4.98 Å². The van der Waals surface area contributed by atoms with Gasteiger partial charge >= 0.3 is 0 Å². The van der Waals surface area contributed by atoms with E-state index < -0.39 is 0 Å². The molecule has 0 bridgehead atoms. The third kappa shape index (κ3) is 3.37. The van der Waals surface area contributed by atoms with Crippen molar-refractivity contribution in [3.05, 3.63) is 16.1 Å². The molecule has 1 rings (SSSR count). The molecule has 0 unspecified atom stereocenters. The summed E-state index contributed by atoms with van der Waals surface area (Å²) < 4.78 is 0. The highest BCUT2D eigenvalue weighted by Gasteiger charge is 1.91. The molecule has 0 atom stereocenters. The van der Waals surface area contributed by atoms with Crippen LogP contribution >= 0.6 is 36.2 Å². The molecule has 60 valence electrons. The minimum Gasteiger partial charge on any atom is -0.325 e. The molecule has 2 nitrogen and oxygen atoms in total. The normalized spacial score (nSPS) is 7.80. The van der Waals surface area contributed by atoms with Crippen molar-refractivity contribution in [2.75, 3.05) is 0 Å². The lowest BCUT2D eigenvalue weighted by Crippen LogP contribution is -1.93. The number of nitrogens with zero attached hydrogens (tertiary/aromatic N) is 1. The summed E-state index contributed by atoms with van der Waals surface area (Å²) in [7, 11) is 0. The Morgan fingerprint density at radius 3 is 2.40 bits per heavy atom. The molecule has 0 aliphatic heterocycles. The highest BCUT2D eigenvalue weighted by molar-refractivity contribution is 7.11. The standard InChI is InChI=1S/C5H8N2S.2ClH/c1-4-3-7-5(2-6)8-4;;/h3H,2,6H2,1H3;2*1H. The maximum absolute atomic E-state index is 5.31. The molecule has 0 saturated carbocycles. The topological polar surface area (TPSA) is 38.9 Å². The molecule has 2 N–H and O–H groups in total. The van der Waals surface area contributed by atoms with Gasteiger partial charge in [0, 0.05) is 17.6 Å². The third-order valence-electron chi connectivity index (χ3n) is 0.844. The lowest BCUT2D eigenvalue weighted by atomic mass is 10.6. The smallest absolute Gasteiger partial charge is 0.106 e. The fraction of sp³-hybridized carbons (Fsp3) is 0.400. The van der Waals surface area contributed by atoms with Crippen LogP contribution in [-0.2, 0) is 6.54 Å². The second kappa shape index (κ2) is 5.92. The summed E-state index contributed by atoms with van der Waals surface area (Å²) in [5.74, 6) is 0. The lowest BCUT2D eigenvalue weighted by Gasteiger charge is -1.79. The van der Waals surface area contributed by atoms with E-state index in [1.807, 2.05) is 13.1 Å². The molecule has 0 spiro atoms. The Hall–Kier alpha value is 0.170. The molecule has 5 heteroatoms. The summed E-state index contributed by atoms with van der Waals surface area (Å²) >= 11 is 1.65.